The normalized spacial score (nSPS) is 15.5. The van der Waals surface area contributed by atoms with E-state index in [-0.39, 0.29) is 24.1 Å². The summed E-state index contributed by atoms with van der Waals surface area (Å²) in [6.07, 6.45) is 1.48. The number of carbonyl (C=O) groups excluding carboxylic acids is 1. The van der Waals surface area contributed by atoms with Gasteiger partial charge in [-0.3, -0.25) is 4.79 Å². The van der Waals surface area contributed by atoms with Gasteiger partial charge in [-0.15, -0.1) is 0 Å². The van der Waals surface area contributed by atoms with Crippen molar-refractivity contribution in [2.24, 2.45) is 0 Å². The highest BCUT2D eigenvalue weighted by atomic mass is 19.1. The van der Waals surface area contributed by atoms with Gasteiger partial charge in [0.2, 0.25) is 5.91 Å². The minimum atomic E-state index is -0.570. The average molecular weight is 287 g/mol. The van der Waals surface area contributed by atoms with E-state index in [1.165, 1.54) is 18.2 Å². The van der Waals surface area contributed by atoms with Crippen molar-refractivity contribution in [3.63, 3.8) is 0 Å². The molecule has 0 unspecified atom stereocenters. The minimum Gasteiger partial charge on any atom is -0.351 e. The van der Waals surface area contributed by atoms with Gasteiger partial charge in [0.05, 0.1) is 5.41 Å². The zero-order chi connectivity index (χ0) is 14.9. The van der Waals surface area contributed by atoms with Crippen LogP contribution >= 0.6 is 0 Å². The van der Waals surface area contributed by atoms with E-state index in [2.05, 4.69) is 5.32 Å². The summed E-state index contributed by atoms with van der Waals surface area (Å²) in [6.45, 7) is 0.161. The second-order valence-electron chi connectivity index (χ2n) is 5.36. The second kappa shape index (κ2) is 5.28. The maximum atomic E-state index is 13.5. The van der Waals surface area contributed by atoms with E-state index < -0.39 is 5.41 Å². The van der Waals surface area contributed by atoms with Crippen LogP contribution < -0.4 is 5.32 Å². The first-order chi connectivity index (χ1) is 10.1. The number of hydrogen-bond acceptors (Lipinski definition) is 1. The molecule has 0 aliphatic heterocycles. The summed E-state index contributed by atoms with van der Waals surface area (Å²) in [5.41, 5.74) is 0.703. The Morgan fingerprint density at radius 1 is 1.05 bits per heavy atom. The van der Waals surface area contributed by atoms with Gasteiger partial charge in [0, 0.05) is 12.1 Å². The number of carbonyl (C=O) groups is 1. The lowest BCUT2D eigenvalue weighted by molar-refractivity contribution is -0.123. The molecule has 1 saturated carbocycles. The highest BCUT2D eigenvalue weighted by Crippen LogP contribution is 2.48. The van der Waals surface area contributed by atoms with Gasteiger partial charge in [-0.2, -0.15) is 0 Å². The Hall–Kier alpha value is -2.23. The van der Waals surface area contributed by atoms with Crippen LogP contribution in [0.4, 0.5) is 8.78 Å². The van der Waals surface area contributed by atoms with Crippen molar-refractivity contribution in [1.29, 1.82) is 0 Å². The lowest BCUT2D eigenvalue weighted by Crippen LogP contribution is -2.34. The van der Waals surface area contributed by atoms with Crippen molar-refractivity contribution in [1.82, 2.24) is 5.32 Å². The molecule has 0 spiro atoms. The van der Waals surface area contributed by atoms with Crippen LogP contribution in [-0.2, 0) is 16.8 Å². The Morgan fingerprint density at radius 2 is 1.71 bits per heavy atom. The number of benzene rings is 2. The van der Waals surface area contributed by atoms with E-state index >= 15 is 0 Å². The van der Waals surface area contributed by atoms with Crippen LogP contribution in [-0.4, -0.2) is 5.91 Å². The molecule has 1 aliphatic carbocycles. The summed E-state index contributed by atoms with van der Waals surface area (Å²) < 4.78 is 26.5. The van der Waals surface area contributed by atoms with Crippen LogP contribution in [0, 0.1) is 11.6 Å². The van der Waals surface area contributed by atoms with Crippen molar-refractivity contribution in [2.45, 2.75) is 24.8 Å². The van der Waals surface area contributed by atoms with E-state index in [4.69, 9.17) is 0 Å². The first-order valence-corrected chi connectivity index (χ1v) is 6.90. The Labute approximate surface area is 121 Å². The first-order valence-electron chi connectivity index (χ1n) is 6.90. The summed E-state index contributed by atoms with van der Waals surface area (Å²) in [6, 6.07) is 12.4. The molecule has 0 bridgehead atoms. The fourth-order valence-corrected chi connectivity index (χ4v) is 2.53. The zero-order valence-electron chi connectivity index (χ0n) is 11.4. The zero-order valence-corrected chi connectivity index (χ0v) is 11.4. The van der Waals surface area contributed by atoms with Crippen molar-refractivity contribution in [3.05, 3.63) is 71.3 Å². The molecule has 2 aromatic carbocycles. The molecule has 2 aromatic rings. The van der Waals surface area contributed by atoms with Crippen LogP contribution in [0.5, 0.6) is 0 Å². The van der Waals surface area contributed by atoms with Gasteiger partial charge in [0.25, 0.3) is 0 Å². The second-order valence-corrected chi connectivity index (χ2v) is 5.36. The van der Waals surface area contributed by atoms with Crippen LogP contribution in [0.25, 0.3) is 0 Å². The van der Waals surface area contributed by atoms with E-state index in [9.17, 15) is 13.6 Å². The number of nitrogens with one attached hydrogen (secondary N) is 1. The van der Waals surface area contributed by atoms with Gasteiger partial charge in [-0.05, 0) is 36.6 Å². The van der Waals surface area contributed by atoms with E-state index in [0.717, 1.165) is 18.4 Å². The van der Waals surface area contributed by atoms with Gasteiger partial charge in [0.15, 0.2) is 0 Å². The molecule has 0 saturated heterocycles. The molecule has 1 aliphatic rings. The van der Waals surface area contributed by atoms with E-state index in [1.807, 2.05) is 0 Å². The summed E-state index contributed by atoms with van der Waals surface area (Å²) >= 11 is 0. The third-order valence-electron chi connectivity index (χ3n) is 3.98. The number of amides is 1. The predicted octanol–water partition coefficient (Wildman–Crippen LogP) is 3.31. The molecule has 3 rings (SSSR count). The Bertz CT molecular complexity index is 663. The predicted molar refractivity (Wildman–Crippen MR) is 75.6 cm³/mol. The summed E-state index contributed by atoms with van der Waals surface area (Å²) in [7, 11) is 0. The minimum absolute atomic E-state index is 0.127. The standard InChI is InChI=1S/C17H15F2NO/c18-14-7-5-13(6-8-14)17(9-10-17)16(21)20-11-12-3-1-2-4-15(12)19/h1-8H,9-11H2,(H,20,21). The molecule has 0 radical (unpaired) electrons. The molecule has 4 heteroatoms. The van der Waals surface area contributed by atoms with Gasteiger partial charge >= 0.3 is 0 Å². The van der Waals surface area contributed by atoms with Crippen LogP contribution in [0.15, 0.2) is 48.5 Å². The van der Waals surface area contributed by atoms with Crippen molar-refractivity contribution in [2.75, 3.05) is 0 Å². The monoisotopic (exact) mass is 287 g/mol. The Balaban J connectivity index is 1.71. The number of rotatable bonds is 4. The molecular formula is C17H15F2NO. The molecule has 1 amide bonds. The largest absolute Gasteiger partial charge is 0.351 e. The van der Waals surface area contributed by atoms with Crippen molar-refractivity contribution >= 4 is 5.91 Å². The van der Waals surface area contributed by atoms with E-state index in [0.29, 0.717) is 5.56 Å². The SMILES string of the molecule is O=C(NCc1ccccc1F)C1(c2ccc(F)cc2)CC1. The maximum absolute atomic E-state index is 13.5. The third kappa shape index (κ3) is 2.66. The van der Waals surface area contributed by atoms with Gasteiger partial charge in [-0.25, -0.2) is 8.78 Å². The highest BCUT2D eigenvalue weighted by Gasteiger charge is 2.51. The average Bonchev–Trinajstić information content (AvgIpc) is 3.28. The lowest BCUT2D eigenvalue weighted by atomic mass is 9.95. The van der Waals surface area contributed by atoms with Gasteiger partial charge in [-0.1, -0.05) is 30.3 Å². The summed E-state index contributed by atoms with van der Waals surface area (Å²) in [5.74, 6) is -0.775. The molecule has 1 N–H and O–H groups in total. The van der Waals surface area contributed by atoms with Crippen molar-refractivity contribution < 1.29 is 13.6 Å². The van der Waals surface area contributed by atoms with Crippen molar-refractivity contribution in [3.8, 4) is 0 Å². The molecule has 0 atom stereocenters. The Morgan fingerprint density at radius 3 is 2.33 bits per heavy atom. The molecule has 1 fully saturated rings. The first kappa shape index (κ1) is 13.7. The topological polar surface area (TPSA) is 29.1 Å². The van der Waals surface area contributed by atoms with Crippen LogP contribution in [0.1, 0.15) is 24.0 Å². The fourth-order valence-electron chi connectivity index (χ4n) is 2.53. The summed E-state index contributed by atoms with van der Waals surface area (Å²) in [5, 5.41) is 2.78. The highest BCUT2D eigenvalue weighted by molar-refractivity contribution is 5.91. The quantitative estimate of drug-likeness (QED) is 0.918. The molecule has 0 aromatic heterocycles. The number of hydrogen-bond donors (Lipinski definition) is 1. The fraction of sp³-hybridized carbons (Fsp3) is 0.235. The van der Waals surface area contributed by atoms with Crippen LogP contribution in [0.3, 0.4) is 0 Å². The van der Waals surface area contributed by atoms with Gasteiger partial charge < -0.3 is 5.32 Å². The smallest absolute Gasteiger partial charge is 0.230 e. The molecule has 108 valence electrons. The molecular weight excluding hydrogens is 272 g/mol. The third-order valence-corrected chi connectivity index (χ3v) is 3.98. The molecule has 21 heavy (non-hydrogen) atoms. The summed E-state index contributed by atoms with van der Waals surface area (Å²) in [4.78, 5) is 12.4. The Kier molecular flexibility index (Phi) is 3.45. The lowest BCUT2D eigenvalue weighted by Gasteiger charge is -2.16. The van der Waals surface area contributed by atoms with E-state index in [1.54, 1.807) is 30.3 Å². The maximum Gasteiger partial charge on any atom is 0.230 e. The van der Waals surface area contributed by atoms with Crippen LogP contribution in [0.2, 0.25) is 0 Å². The molecule has 0 heterocycles. The van der Waals surface area contributed by atoms with Gasteiger partial charge in [0.1, 0.15) is 11.6 Å². The number of halogens is 2. The molecule has 2 nitrogen and oxygen atoms in total.